The van der Waals surface area contributed by atoms with Crippen molar-refractivity contribution >= 4 is 16.0 Å². The van der Waals surface area contributed by atoms with E-state index in [9.17, 15) is 13.2 Å². The van der Waals surface area contributed by atoms with Crippen molar-refractivity contribution in [3.8, 4) is 5.75 Å². The molecule has 1 aromatic carbocycles. The molecule has 1 heterocycles. The Balaban J connectivity index is 2.27. The van der Waals surface area contributed by atoms with Crippen molar-refractivity contribution in [2.45, 2.75) is 18.2 Å². The zero-order valence-corrected chi connectivity index (χ0v) is 12.2. The number of nitrogens with zero attached hydrogens (tertiary/aromatic N) is 1. The first-order valence-corrected chi connectivity index (χ1v) is 7.68. The second-order valence-electron chi connectivity index (χ2n) is 4.82. The average Bonchev–Trinajstić information content (AvgIpc) is 2.89. The molecule has 1 saturated heterocycles. The lowest BCUT2D eigenvalue weighted by Gasteiger charge is -2.17. The summed E-state index contributed by atoms with van der Waals surface area (Å²) in [5.74, 6) is -0.952. The number of aryl methyl sites for hydroxylation is 1. The molecular formula is C13H17NO5S. The summed E-state index contributed by atoms with van der Waals surface area (Å²) in [4.78, 5) is 11.1. The minimum absolute atomic E-state index is 0.0305. The molecule has 0 amide bonds. The molecule has 20 heavy (non-hydrogen) atoms. The second kappa shape index (κ2) is 5.41. The van der Waals surface area contributed by atoms with Gasteiger partial charge >= 0.3 is 5.97 Å². The largest absolute Gasteiger partial charge is 0.496 e. The molecule has 6 nitrogen and oxygen atoms in total. The summed E-state index contributed by atoms with van der Waals surface area (Å²) in [6.07, 6.45) is 0.351. The van der Waals surface area contributed by atoms with Crippen LogP contribution >= 0.6 is 0 Å². The van der Waals surface area contributed by atoms with Crippen LogP contribution in [0.15, 0.2) is 23.1 Å². The Morgan fingerprint density at radius 1 is 1.45 bits per heavy atom. The van der Waals surface area contributed by atoms with Gasteiger partial charge in [0.05, 0.1) is 17.9 Å². The van der Waals surface area contributed by atoms with Gasteiger partial charge in [0.15, 0.2) is 0 Å². The highest BCUT2D eigenvalue weighted by molar-refractivity contribution is 7.89. The number of sulfonamides is 1. The molecule has 0 unspecified atom stereocenters. The molecule has 1 fully saturated rings. The van der Waals surface area contributed by atoms with Crippen LogP contribution in [0.5, 0.6) is 5.75 Å². The van der Waals surface area contributed by atoms with Crippen molar-refractivity contribution in [2.24, 2.45) is 5.92 Å². The maximum Gasteiger partial charge on any atom is 0.307 e. The first-order chi connectivity index (χ1) is 9.36. The number of carboxylic acids is 1. The van der Waals surface area contributed by atoms with Crippen molar-refractivity contribution in [1.82, 2.24) is 4.31 Å². The number of carbonyl (C=O) groups is 1. The number of ether oxygens (including phenoxy) is 1. The summed E-state index contributed by atoms with van der Waals surface area (Å²) < 4.78 is 31.2. The van der Waals surface area contributed by atoms with Gasteiger partial charge in [-0.15, -0.1) is 0 Å². The number of rotatable bonds is 4. The molecule has 0 radical (unpaired) electrons. The fourth-order valence-electron chi connectivity index (χ4n) is 2.31. The molecule has 7 heteroatoms. The Labute approximate surface area is 118 Å². The number of hydrogen-bond donors (Lipinski definition) is 1. The SMILES string of the molecule is COc1ccc(S(=O)(=O)N2CC[C@@H](C(=O)O)C2)cc1C. The quantitative estimate of drug-likeness (QED) is 0.900. The van der Waals surface area contributed by atoms with E-state index in [0.717, 1.165) is 5.56 Å². The molecule has 0 bridgehead atoms. The van der Waals surface area contributed by atoms with Gasteiger partial charge in [-0.3, -0.25) is 4.79 Å². The Kier molecular flexibility index (Phi) is 4.01. The van der Waals surface area contributed by atoms with Crippen LogP contribution in [-0.4, -0.2) is 44.0 Å². The topological polar surface area (TPSA) is 83.9 Å². The highest BCUT2D eigenvalue weighted by Gasteiger charge is 2.35. The van der Waals surface area contributed by atoms with Crippen LogP contribution < -0.4 is 4.74 Å². The van der Waals surface area contributed by atoms with Crippen LogP contribution in [0.3, 0.4) is 0 Å². The van der Waals surface area contributed by atoms with Gasteiger partial charge in [-0.2, -0.15) is 4.31 Å². The van der Waals surface area contributed by atoms with Crippen molar-refractivity contribution < 1.29 is 23.1 Å². The van der Waals surface area contributed by atoms with Crippen molar-refractivity contribution in [2.75, 3.05) is 20.2 Å². The smallest absolute Gasteiger partial charge is 0.307 e. The van der Waals surface area contributed by atoms with Crippen molar-refractivity contribution in [3.63, 3.8) is 0 Å². The van der Waals surface area contributed by atoms with Gasteiger partial charge in [-0.25, -0.2) is 8.42 Å². The summed E-state index contributed by atoms with van der Waals surface area (Å²) in [5, 5.41) is 8.94. The van der Waals surface area contributed by atoms with Crippen LogP contribution in [0.1, 0.15) is 12.0 Å². The average molecular weight is 299 g/mol. The number of carboxylic acid groups (broad SMARTS) is 1. The van der Waals surface area contributed by atoms with Gasteiger partial charge in [0.2, 0.25) is 10.0 Å². The lowest BCUT2D eigenvalue weighted by molar-refractivity contribution is -0.141. The third-order valence-corrected chi connectivity index (χ3v) is 5.37. The van der Waals surface area contributed by atoms with E-state index >= 15 is 0 Å². The third kappa shape index (κ3) is 2.64. The van der Waals surface area contributed by atoms with E-state index in [2.05, 4.69) is 0 Å². The predicted octanol–water partition coefficient (Wildman–Crippen LogP) is 1.10. The van der Waals surface area contributed by atoms with Gasteiger partial charge in [0, 0.05) is 13.1 Å². The number of hydrogen-bond acceptors (Lipinski definition) is 4. The van der Waals surface area contributed by atoms with Crippen LogP contribution in [0.25, 0.3) is 0 Å². The Morgan fingerprint density at radius 2 is 2.15 bits per heavy atom. The van der Waals surface area contributed by atoms with E-state index in [1.165, 1.54) is 17.5 Å². The number of benzene rings is 1. The van der Waals surface area contributed by atoms with Crippen LogP contribution in [0.4, 0.5) is 0 Å². The normalized spacial score (nSPS) is 20.0. The number of methoxy groups -OCH3 is 1. The molecule has 0 spiro atoms. The van der Waals surface area contributed by atoms with Gasteiger partial charge in [0.25, 0.3) is 0 Å². The third-order valence-electron chi connectivity index (χ3n) is 3.50. The van der Waals surface area contributed by atoms with Crippen molar-refractivity contribution in [1.29, 1.82) is 0 Å². The summed E-state index contributed by atoms with van der Waals surface area (Å²) in [6.45, 7) is 2.04. The van der Waals surface area contributed by atoms with Crippen LogP contribution in [-0.2, 0) is 14.8 Å². The highest BCUT2D eigenvalue weighted by Crippen LogP contribution is 2.27. The summed E-state index contributed by atoms with van der Waals surface area (Å²) >= 11 is 0. The lowest BCUT2D eigenvalue weighted by atomic mass is 10.1. The van der Waals surface area contributed by atoms with E-state index in [1.54, 1.807) is 19.1 Å². The lowest BCUT2D eigenvalue weighted by Crippen LogP contribution is -2.30. The van der Waals surface area contributed by atoms with E-state index in [1.807, 2.05) is 0 Å². The molecule has 0 aliphatic carbocycles. The summed E-state index contributed by atoms with van der Waals surface area (Å²) in [5.41, 5.74) is 0.725. The molecule has 1 aliphatic rings. The zero-order chi connectivity index (χ0) is 14.9. The van der Waals surface area contributed by atoms with Gasteiger partial charge in [-0.05, 0) is 37.1 Å². The van der Waals surface area contributed by atoms with Gasteiger partial charge in [0.1, 0.15) is 5.75 Å². The predicted molar refractivity (Wildman–Crippen MR) is 72.2 cm³/mol. The van der Waals surface area contributed by atoms with E-state index in [-0.39, 0.29) is 18.0 Å². The fraction of sp³-hybridized carbons (Fsp3) is 0.462. The standard InChI is InChI=1S/C13H17NO5S/c1-9-7-11(3-4-12(9)19-2)20(17,18)14-6-5-10(8-14)13(15)16/h3-4,7,10H,5-6,8H2,1-2H3,(H,15,16)/t10-/m1/s1. The zero-order valence-electron chi connectivity index (χ0n) is 11.4. The Bertz CT molecular complexity index is 626. The molecule has 1 atom stereocenters. The minimum Gasteiger partial charge on any atom is -0.496 e. The van der Waals surface area contributed by atoms with Crippen LogP contribution in [0.2, 0.25) is 0 Å². The molecule has 0 saturated carbocycles. The van der Waals surface area contributed by atoms with E-state index < -0.39 is 21.9 Å². The highest BCUT2D eigenvalue weighted by atomic mass is 32.2. The second-order valence-corrected chi connectivity index (χ2v) is 6.76. The Morgan fingerprint density at radius 3 is 2.65 bits per heavy atom. The maximum atomic E-state index is 12.4. The van der Waals surface area contributed by atoms with Crippen LogP contribution in [0, 0.1) is 12.8 Å². The molecule has 110 valence electrons. The summed E-state index contributed by atoms with van der Waals surface area (Å²) in [7, 11) is -2.12. The molecule has 1 aliphatic heterocycles. The molecule has 1 aromatic rings. The van der Waals surface area contributed by atoms with E-state index in [4.69, 9.17) is 9.84 Å². The Hall–Kier alpha value is -1.60. The van der Waals surface area contributed by atoms with E-state index in [0.29, 0.717) is 12.2 Å². The first kappa shape index (κ1) is 14.8. The minimum atomic E-state index is -3.64. The molecular weight excluding hydrogens is 282 g/mol. The molecule has 1 N–H and O–H groups in total. The fourth-order valence-corrected chi connectivity index (χ4v) is 3.89. The molecule has 0 aromatic heterocycles. The maximum absolute atomic E-state index is 12.4. The first-order valence-electron chi connectivity index (χ1n) is 6.24. The summed E-state index contributed by atoms with van der Waals surface area (Å²) in [6, 6.07) is 4.63. The van der Waals surface area contributed by atoms with Crippen molar-refractivity contribution in [3.05, 3.63) is 23.8 Å². The monoisotopic (exact) mass is 299 g/mol. The van der Waals surface area contributed by atoms with Gasteiger partial charge in [-0.1, -0.05) is 0 Å². The number of aliphatic carboxylic acids is 1. The molecule has 2 rings (SSSR count). The van der Waals surface area contributed by atoms with Gasteiger partial charge < -0.3 is 9.84 Å².